The van der Waals surface area contributed by atoms with E-state index in [1.165, 1.54) is 0 Å². The molecular weight excluding hydrogens is 507 g/mol. The number of hydrogen-bond acceptors (Lipinski definition) is 6. The second-order valence-corrected chi connectivity index (χ2v) is 10.4. The van der Waals surface area contributed by atoms with Gasteiger partial charge in [-0.2, -0.15) is 0 Å². The van der Waals surface area contributed by atoms with Gasteiger partial charge in [0.1, 0.15) is 11.0 Å². The van der Waals surface area contributed by atoms with E-state index in [4.69, 9.17) is 9.31 Å². The Kier molecular flexibility index (Phi) is 7.79. The second kappa shape index (κ2) is 9.99. The lowest BCUT2D eigenvalue weighted by atomic mass is 9.76. The summed E-state index contributed by atoms with van der Waals surface area (Å²) >= 11 is 3.47. The highest BCUT2D eigenvalue weighted by atomic mass is 79.9. The average molecular weight is 543 g/mol. The van der Waals surface area contributed by atoms with Gasteiger partial charge in [0.05, 0.1) is 22.2 Å². The van der Waals surface area contributed by atoms with Crippen LogP contribution in [-0.2, 0) is 22.4 Å². The molecule has 8 nitrogen and oxygen atoms in total. The third kappa shape index (κ3) is 4.75. The third-order valence-electron chi connectivity index (χ3n) is 6.96. The molecule has 1 saturated heterocycles. The van der Waals surface area contributed by atoms with Crippen LogP contribution in [0.4, 0.5) is 0 Å². The minimum atomic E-state index is -0.355. The number of benzene rings is 2. The van der Waals surface area contributed by atoms with E-state index in [-0.39, 0.29) is 25.7 Å². The molecule has 1 fully saturated rings. The Labute approximate surface area is 216 Å². The molecule has 0 unspecified atom stereocenters. The molecule has 4 aromatic rings. The molecule has 1 aliphatic rings. The number of aryl methyl sites for hydroxylation is 4. The number of rotatable bonds is 3. The zero-order valence-electron chi connectivity index (χ0n) is 21.2. The molecule has 0 aliphatic carbocycles. The van der Waals surface area contributed by atoms with Crippen molar-refractivity contribution in [3.63, 3.8) is 0 Å². The van der Waals surface area contributed by atoms with Gasteiger partial charge in [-0.1, -0.05) is 39.8 Å². The molecule has 2 aromatic carbocycles. The zero-order valence-corrected chi connectivity index (χ0v) is 22.8. The van der Waals surface area contributed by atoms with Gasteiger partial charge in [-0.15, -0.1) is 10.2 Å². The summed E-state index contributed by atoms with van der Waals surface area (Å²) in [6.07, 6.45) is 0. The molecule has 3 heterocycles. The summed E-state index contributed by atoms with van der Waals surface area (Å²) in [7, 11) is -0.355. The summed E-state index contributed by atoms with van der Waals surface area (Å²) in [6, 6.07) is 8.19. The van der Waals surface area contributed by atoms with Crippen LogP contribution < -0.4 is 5.46 Å². The SMILES string of the molecule is C.CCn1nnc2c(C)c(B3OC(C)(C)C(C)(C)O3)ccc21.CCn1nnc2c(C)c(Br)ccc21. The Morgan fingerprint density at radius 1 is 0.800 bits per heavy atom. The van der Waals surface area contributed by atoms with Crippen LogP contribution >= 0.6 is 15.9 Å². The van der Waals surface area contributed by atoms with E-state index in [2.05, 4.69) is 91.1 Å². The van der Waals surface area contributed by atoms with Gasteiger partial charge in [-0.05, 0) is 90.2 Å². The fourth-order valence-electron chi connectivity index (χ4n) is 4.02. The Morgan fingerprint density at radius 3 is 1.74 bits per heavy atom. The first-order valence-corrected chi connectivity index (χ1v) is 12.5. The van der Waals surface area contributed by atoms with E-state index in [1.807, 2.05) is 34.5 Å². The predicted octanol–water partition coefficient (Wildman–Crippen LogP) is 5.22. The first-order valence-electron chi connectivity index (χ1n) is 11.7. The lowest BCUT2D eigenvalue weighted by Gasteiger charge is -2.32. The molecule has 0 radical (unpaired) electrons. The first kappa shape index (κ1) is 27.3. The fraction of sp³-hybridized carbons (Fsp3) is 0.520. The normalized spacial score (nSPS) is 16.3. The highest BCUT2D eigenvalue weighted by molar-refractivity contribution is 9.10. The van der Waals surface area contributed by atoms with Crippen molar-refractivity contribution in [3.05, 3.63) is 39.9 Å². The number of hydrogen-bond donors (Lipinski definition) is 0. The van der Waals surface area contributed by atoms with Crippen molar-refractivity contribution in [2.45, 2.75) is 87.1 Å². The van der Waals surface area contributed by atoms with Crippen LogP contribution in [0.5, 0.6) is 0 Å². The van der Waals surface area contributed by atoms with Crippen molar-refractivity contribution in [1.29, 1.82) is 0 Å². The van der Waals surface area contributed by atoms with E-state index in [1.54, 1.807) is 0 Å². The van der Waals surface area contributed by atoms with Gasteiger partial charge in [0, 0.05) is 17.6 Å². The topological polar surface area (TPSA) is 79.9 Å². The largest absolute Gasteiger partial charge is 0.495 e. The highest BCUT2D eigenvalue weighted by Crippen LogP contribution is 2.37. The third-order valence-corrected chi connectivity index (χ3v) is 7.82. The Bertz CT molecular complexity index is 1330. The summed E-state index contributed by atoms with van der Waals surface area (Å²) in [5.41, 5.74) is 6.64. The van der Waals surface area contributed by atoms with Crippen LogP contribution in [0, 0.1) is 13.8 Å². The van der Waals surface area contributed by atoms with Gasteiger partial charge in [0.25, 0.3) is 0 Å². The van der Waals surface area contributed by atoms with E-state index in [0.29, 0.717) is 0 Å². The molecule has 10 heteroatoms. The Morgan fingerprint density at radius 2 is 1.26 bits per heavy atom. The van der Waals surface area contributed by atoms with Crippen molar-refractivity contribution in [2.24, 2.45) is 0 Å². The summed E-state index contributed by atoms with van der Waals surface area (Å²) in [6.45, 7) is 18.1. The Hall–Kier alpha value is -2.30. The van der Waals surface area contributed by atoms with E-state index < -0.39 is 0 Å². The van der Waals surface area contributed by atoms with E-state index in [0.717, 1.165) is 56.2 Å². The quantitative estimate of drug-likeness (QED) is 0.330. The zero-order chi connectivity index (χ0) is 24.8. The molecule has 1 aliphatic heterocycles. The van der Waals surface area contributed by atoms with Crippen molar-refractivity contribution in [1.82, 2.24) is 30.0 Å². The molecule has 2 aromatic heterocycles. The lowest BCUT2D eigenvalue weighted by Crippen LogP contribution is -2.41. The minimum Gasteiger partial charge on any atom is -0.399 e. The van der Waals surface area contributed by atoms with E-state index in [9.17, 15) is 0 Å². The van der Waals surface area contributed by atoms with Crippen molar-refractivity contribution in [2.75, 3.05) is 0 Å². The second-order valence-electron chi connectivity index (χ2n) is 9.59. The maximum absolute atomic E-state index is 6.14. The van der Waals surface area contributed by atoms with Crippen molar-refractivity contribution < 1.29 is 9.31 Å². The van der Waals surface area contributed by atoms with Crippen molar-refractivity contribution >= 4 is 50.6 Å². The molecule has 0 atom stereocenters. The number of nitrogens with zero attached hydrogens (tertiary/aromatic N) is 6. The maximum Gasteiger partial charge on any atom is 0.495 e. The minimum absolute atomic E-state index is 0. The molecular formula is C25H36BBrN6O2. The van der Waals surface area contributed by atoms with Gasteiger partial charge in [-0.3, -0.25) is 0 Å². The lowest BCUT2D eigenvalue weighted by molar-refractivity contribution is 0.00578. The Balaban J connectivity index is 0.000000211. The molecule has 0 N–H and O–H groups in total. The summed E-state index contributed by atoms with van der Waals surface area (Å²) in [5.74, 6) is 0. The molecule has 0 amide bonds. The number of halogens is 1. The standard InChI is InChI=1S/C15H22BN3O2.C9H10BrN3.CH4/c1-7-19-12-9-8-11(10(2)13(12)17-18-19)16-20-14(3,4)15(5,6)21-16;1-3-13-8-5-4-7(10)6(2)9(8)11-12-13;/h8-9H,7H2,1-6H3;4-5H,3H2,1-2H3;1H4. The average Bonchev–Trinajstić information content (AvgIpc) is 3.45. The summed E-state index contributed by atoms with van der Waals surface area (Å²) in [5, 5.41) is 16.7. The van der Waals surface area contributed by atoms with Crippen LogP contribution in [0.2, 0.25) is 0 Å². The monoisotopic (exact) mass is 542 g/mol. The van der Waals surface area contributed by atoms with Crippen LogP contribution in [0.3, 0.4) is 0 Å². The fourth-order valence-corrected chi connectivity index (χ4v) is 4.34. The molecule has 0 bridgehead atoms. The molecule has 35 heavy (non-hydrogen) atoms. The molecule has 0 saturated carbocycles. The summed E-state index contributed by atoms with van der Waals surface area (Å²) < 4.78 is 17.2. The highest BCUT2D eigenvalue weighted by Gasteiger charge is 2.52. The van der Waals surface area contributed by atoms with Crippen LogP contribution in [0.25, 0.3) is 22.1 Å². The van der Waals surface area contributed by atoms with Gasteiger partial charge in [0.15, 0.2) is 0 Å². The van der Waals surface area contributed by atoms with Crippen molar-refractivity contribution in [3.8, 4) is 0 Å². The first-order chi connectivity index (χ1) is 16.0. The summed E-state index contributed by atoms with van der Waals surface area (Å²) in [4.78, 5) is 0. The number of fused-ring (bicyclic) bond motifs is 2. The molecule has 0 spiro atoms. The van der Waals surface area contributed by atoms with Crippen LogP contribution in [-0.4, -0.2) is 48.3 Å². The predicted molar refractivity (Wildman–Crippen MR) is 146 cm³/mol. The maximum atomic E-state index is 6.14. The van der Waals surface area contributed by atoms with Crippen LogP contribution in [0.1, 0.15) is 60.1 Å². The van der Waals surface area contributed by atoms with Gasteiger partial charge in [-0.25, -0.2) is 9.36 Å². The van der Waals surface area contributed by atoms with Gasteiger partial charge in [0.2, 0.25) is 0 Å². The van der Waals surface area contributed by atoms with E-state index >= 15 is 0 Å². The molecule has 188 valence electrons. The molecule has 5 rings (SSSR count). The smallest absolute Gasteiger partial charge is 0.399 e. The van der Waals surface area contributed by atoms with Crippen LogP contribution in [0.15, 0.2) is 28.7 Å². The number of aromatic nitrogens is 6. The van der Waals surface area contributed by atoms with Gasteiger partial charge >= 0.3 is 7.12 Å². The van der Waals surface area contributed by atoms with Gasteiger partial charge < -0.3 is 9.31 Å².